The Hall–Kier alpha value is -0.0900. The highest BCUT2D eigenvalue weighted by molar-refractivity contribution is 7.46. The standard InChI is InChI=1S/C4H12NO8P/c6-2(1-13-14(10,11)12)3(7)4(8)5-9/h2-9H,1H2,(H2,10,11,12). The molecule has 0 aromatic heterocycles. The summed E-state index contributed by atoms with van der Waals surface area (Å²) in [5.41, 5.74) is 1.24. The molecule has 3 unspecified atom stereocenters. The summed E-state index contributed by atoms with van der Waals surface area (Å²) in [4.78, 5) is 16.4. The molecule has 0 bridgehead atoms. The van der Waals surface area contributed by atoms with Gasteiger partial charge in [0.1, 0.15) is 12.2 Å². The van der Waals surface area contributed by atoms with Crippen LogP contribution in [0.15, 0.2) is 0 Å². The monoisotopic (exact) mass is 233 g/mol. The number of aliphatic hydroxyl groups is 3. The molecule has 0 rings (SSSR count). The third kappa shape index (κ3) is 5.60. The summed E-state index contributed by atoms with van der Waals surface area (Å²) < 4.78 is 14.0. The number of aliphatic hydroxyl groups excluding tert-OH is 3. The van der Waals surface area contributed by atoms with Crippen molar-refractivity contribution in [1.82, 2.24) is 5.48 Å². The Balaban J connectivity index is 3.96. The van der Waals surface area contributed by atoms with E-state index < -0.39 is 32.9 Å². The van der Waals surface area contributed by atoms with Crippen LogP contribution < -0.4 is 5.48 Å². The second-order valence-electron chi connectivity index (χ2n) is 2.42. The van der Waals surface area contributed by atoms with Crippen molar-refractivity contribution in [2.75, 3.05) is 6.61 Å². The predicted octanol–water partition coefficient (Wildman–Crippen LogP) is -2.89. The summed E-state index contributed by atoms with van der Waals surface area (Å²) in [5, 5.41) is 34.7. The van der Waals surface area contributed by atoms with Crippen LogP contribution in [0.1, 0.15) is 0 Å². The molecule has 0 aromatic carbocycles. The van der Waals surface area contributed by atoms with Gasteiger partial charge in [-0.25, -0.2) is 4.57 Å². The molecule has 86 valence electrons. The number of nitrogens with one attached hydrogen (secondary N) is 1. The molecule has 0 saturated carbocycles. The van der Waals surface area contributed by atoms with Gasteiger partial charge in [-0.05, 0) is 0 Å². The van der Waals surface area contributed by atoms with Crippen molar-refractivity contribution >= 4 is 7.82 Å². The molecule has 7 N–H and O–H groups in total. The van der Waals surface area contributed by atoms with E-state index in [0.717, 1.165) is 0 Å². The Labute approximate surface area is 78.8 Å². The molecule has 0 amide bonds. The lowest BCUT2D eigenvalue weighted by Gasteiger charge is -2.21. The van der Waals surface area contributed by atoms with Crippen LogP contribution in [0.3, 0.4) is 0 Å². The average Bonchev–Trinajstić information content (AvgIpc) is 2.10. The van der Waals surface area contributed by atoms with Gasteiger partial charge in [-0.15, -0.1) is 0 Å². The van der Waals surface area contributed by atoms with E-state index in [0.29, 0.717) is 0 Å². The molecular weight excluding hydrogens is 221 g/mol. The lowest BCUT2D eigenvalue weighted by atomic mass is 10.2. The molecule has 0 spiro atoms. The average molecular weight is 233 g/mol. The molecule has 0 radical (unpaired) electrons. The van der Waals surface area contributed by atoms with Crippen LogP contribution in [-0.2, 0) is 9.09 Å². The first-order valence-corrected chi connectivity index (χ1v) is 4.95. The molecule has 3 atom stereocenters. The molecule has 0 saturated heterocycles. The highest BCUT2D eigenvalue weighted by Crippen LogP contribution is 2.35. The smallest absolute Gasteiger partial charge is 0.388 e. The first-order chi connectivity index (χ1) is 6.28. The second kappa shape index (κ2) is 5.71. The largest absolute Gasteiger partial charge is 0.469 e. The van der Waals surface area contributed by atoms with Crippen LogP contribution in [0.5, 0.6) is 0 Å². The summed E-state index contributed by atoms with van der Waals surface area (Å²) in [6, 6.07) is 0. The Morgan fingerprint density at radius 2 is 1.79 bits per heavy atom. The minimum absolute atomic E-state index is 0.885. The van der Waals surface area contributed by atoms with Gasteiger partial charge in [0.15, 0.2) is 6.23 Å². The van der Waals surface area contributed by atoms with E-state index in [1.165, 1.54) is 5.48 Å². The quantitative estimate of drug-likeness (QED) is 0.145. The number of hydrogen-bond acceptors (Lipinski definition) is 7. The van der Waals surface area contributed by atoms with Gasteiger partial charge in [0.2, 0.25) is 0 Å². The molecule has 0 aliphatic heterocycles. The molecule has 0 aliphatic rings. The van der Waals surface area contributed by atoms with E-state index in [9.17, 15) is 4.57 Å². The van der Waals surface area contributed by atoms with Gasteiger partial charge in [0.05, 0.1) is 6.61 Å². The van der Waals surface area contributed by atoms with E-state index in [1.54, 1.807) is 0 Å². The first-order valence-electron chi connectivity index (χ1n) is 3.42. The molecule has 0 aliphatic carbocycles. The Bertz CT molecular complexity index is 206. The lowest BCUT2D eigenvalue weighted by molar-refractivity contribution is -0.123. The zero-order valence-corrected chi connectivity index (χ0v) is 7.78. The fourth-order valence-corrected chi connectivity index (χ4v) is 0.906. The molecule has 10 heteroatoms. The predicted molar refractivity (Wildman–Crippen MR) is 40.9 cm³/mol. The molecule has 0 aromatic rings. The third-order valence-electron chi connectivity index (χ3n) is 1.26. The van der Waals surface area contributed by atoms with Crippen molar-refractivity contribution in [3.05, 3.63) is 0 Å². The van der Waals surface area contributed by atoms with E-state index >= 15 is 0 Å². The summed E-state index contributed by atoms with van der Waals surface area (Å²) in [7, 11) is -4.73. The fraction of sp³-hybridized carbons (Fsp3) is 1.00. The second-order valence-corrected chi connectivity index (χ2v) is 3.66. The van der Waals surface area contributed by atoms with Crippen molar-refractivity contribution in [2.45, 2.75) is 18.4 Å². The maximum absolute atomic E-state index is 10.1. The molecule has 0 fully saturated rings. The minimum atomic E-state index is -4.73. The topological polar surface area (TPSA) is 160 Å². The summed E-state index contributed by atoms with van der Waals surface area (Å²) in [5.74, 6) is 0. The van der Waals surface area contributed by atoms with Crippen molar-refractivity contribution < 1.29 is 39.4 Å². The van der Waals surface area contributed by atoms with E-state index in [-0.39, 0.29) is 0 Å². The van der Waals surface area contributed by atoms with E-state index in [4.69, 9.17) is 30.3 Å². The molecule has 14 heavy (non-hydrogen) atoms. The van der Waals surface area contributed by atoms with Gasteiger partial charge < -0.3 is 30.3 Å². The van der Waals surface area contributed by atoms with Crippen molar-refractivity contribution in [1.29, 1.82) is 0 Å². The summed E-state index contributed by atoms with van der Waals surface area (Å²) >= 11 is 0. The zero-order valence-electron chi connectivity index (χ0n) is 6.89. The maximum Gasteiger partial charge on any atom is 0.469 e. The van der Waals surface area contributed by atoms with Crippen LogP contribution in [0.2, 0.25) is 0 Å². The number of hydrogen-bond donors (Lipinski definition) is 7. The molecule has 0 heterocycles. The summed E-state index contributed by atoms with van der Waals surface area (Å²) in [6.07, 6.45) is -5.44. The van der Waals surface area contributed by atoms with Gasteiger partial charge >= 0.3 is 7.82 Å². The minimum Gasteiger partial charge on any atom is -0.388 e. The molecule has 9 nitrogen and oxygen atoms in total. The highest BCUT2D eigenvalue weighted by Gasteiger charge is 2.27. The van der Waals surface area contributed by atoms with E-state index in [1.807, 2.05) is 0 Å². The normalized spacial score (nSPS) is 19.0. The number of hydroxylamine groups is 1. The molecular formula is C4H12NO8P. The van der Waals surface area contributed by atoms with Crippen LogP contribution in [0.25, 0.3) is 0 Å². The van der Waals surface area contributed by atoms with Crippen molar-refractivity contribution in [2.24, 2.45) is 0 Å². The third-order valence-corrected chi connectivity index (χ3v) is 1.75. The maximum atomic E-state index is 10.1. The lowest BCUT2D eigenvalue weighted by Crippen LogP contribution is -2.46. The van der Waals surface area contributed by atoms with E-state index in [2.05, 4.69) is 4.52 Å². The van der Waals surface area contributed by atoms with Gasteiger partial charge in [-0.2, -0.15) is 5.48 Å². The fourth-order valence-electron chi connectivity index (χ4n) is 0.559. The Morgan fingerprint density at radius 3 is 2.14 bits per heavy atom. The van der Waals surface area contributed by atoms with Crippen LogP contribution >= 0.6 is 7.82 Å². The van der Waals surface area contributed by atoms with Crippen LogP contribution in [0.4, 0.5) is 0 Å². The Morgan fingerprint density at radius 1 is 1.29 bits per heavy atom. The number of phosphoric ester groups is 1. The number of phosphoric acid groups is 1. The Kier molecular flexibility index (Phi) is 5.67. The van der Waals surface area contributed by atoms with Gasteiger partial charge in [-0.3, -0.25) is 4.52 Å². The van der Waals surface area contributed by atoms with Crippen molar-refractivity contribution in [3.8, 4) is 0 Å². The van der Waals surface area contributed by atoms with Gasteiger partial charge in [0, 0.05) is 0 Å². The van der Waals surface area contributed by atoms with Crippen LogP contribution in [-0.4, -0.2) is 55.4 Å². The SMILES string of the molecule is O=P(O)(O)OCC(O)C(O)C(O)NO. The van der Waals surface area contributed by atoms with Crippen LogP contribution in [0, 0.1) is 0 Å². The number of rotatable bonds is 6. The van der Waals surface area contributed by atoms with Crippen molar-refractivity contribution in [3.63, 3.8) is 0 Å². The van der Waals surface area contributed by atoms with Gasteiger partial charge in [0.25, 0.3) is 0 Å². The summed E-state index contributed by atoms with van der Waals surface area (Å²) in [6.45, 7) is -0.885. The van der Waals surface area contributed by atoms with Gasteiger partial charge in [-0.1, -0.05) is 0 Å². The zero-order chi connectivity index (χ0) is 11.4. The first kappa shape index (κ1) is 13.9. The highest BCUT2D eigenvalue weighted by atomic mass is 31.2.